The average Bonchev–Trinajstić information content (AvgIpc) is 3.07. The van der Waals surface area contributed by atoms with Crippen LogP contribution >= 0.6 is 11.8 Å². The molecule has 0 aromatic heterocycles. The Hall–Kier alpha value is -1.80. The van der Waals surface area contributed by atoms with Gasteiger partial charge in [-0.2, -0.15) is 0 Å². The quantitative estimate of drug-likeness (QED) is 0.570. The molecule has 4 rings (SSSR count). The van der Waals surface area contributed by atoms with Crippen LogP contribution < -0.4 is 0 Å². The standard InChI is InChI=1S/C25H37N3O4S/c1-5-7-13-27-15-9-11-25-19(22(31)28(17(3)16-29)20(25)23(27)32)18-21(30)26(12-6-2)14-8-10-24(18,4)33-25/h8-11,17-20,29H,5-7,12-16H2,1-4H3/t17-,18-,19+,20?,24+,25+/m1/s1. The van der Waals surface area contributed by atoms with Crippen LogP contribution in [-0.4, -0.2) is 91.9 Å². The van der Waals surface area contributed by atoms with Crippen LogP contribution in [0.25, 0.3) is 0 Å². The van der Waals surface area contributed by atoms with Crippen LogP contribution in [-0.2, 0) is 14.4 Å². The zero-order valence-electron chi connectivity index (χ0n) is 20.2. The highest BCUT2D eigenvalue weighted by molar-refractivity contribution is 8.02. The van der Waals surface area contributed by atoms with Crippen LogP contribution in [0, 0.1) is 11.8 Å². The van der Waals surface area contributed by atoms with E-state index in [2.05, 4.69) is 13.0 Å². The molecule has 4 aliphatic heterocycles. The van der Waals surface area contributed by atoms with Gasteiger partial charge in [0.25, 0.3) is 0 Å². The Morgan fingerprint density at radius 2 is 1.67 bits per heavy atom. The fraction of sp³-hybridized carbons (Fsp3) is 0.720. The first kappa shape index (κ1) is 24.3. The molecule has 33 heavy (non-hydrogen) atoms. The number of carbonyl (C=O) groups excluding carboxylic acids is 3. The summed E-state index contributed by atoms with van der Waals surface area (Å²) >= 11 is 1.60. The number of nitrogens with zero attached hydrogens (tertiary/aromatic N) is 3. The van der Waals surface area contributed by atoms with Gasteiger partial charge in [0.2, 0.25) is 17.7 Å². The minimum absolute atomic E-state index is 0.00254. The van der Waals surface area contributed by atoms with Crippen molar-refractivity contribution in [2.45, 2.75) is 68.5 Å². The minimum Gasteiger partial charge on any atom is -0.394 e. The van der Waals surface area contributed by atoms with Gasteiger partial charge in [-0.1, -0.05) is 44.6 Å². The lowest BCUT2D eigenvalue weighted by molar-refractivity contribution is -0.147. The molecule has 1 unspecified atom stereocenters. The fourth-order valence-electron chi connectivity index (χ4n) is 6.14. The predicted octanol–water partition coefficient (Wildman–Crippen LogP) is 2.06. The second kappa shape index (κ2) is 9.10. The number of carbonyl (C=O) groups is 3. The number of amides is 3. The Morgan fingerprint density at radius 1 is 1.00 bits per heavy atom. The maximum atomic E-state index is 14.0. The highest BCUT2D eigenvalue weighted by Crippen LogP contribution is 2.65. The number of likely N-dealkylation sites (tertiary alicyclic amines) is 1. The Balaban J connectivity index is 1.84. The van der Waals surface area contributed by atoms with Gasteiger partial charge in [-0.05, 0) is 26.7 Å². The number of unbranched alkanes of at least 4 members (excludes halogenated alkanes) is 1. The summed E-state index contributed by atoms with van der Waals surface area (Å²) in [6, 6.07) is -1.22. The van der Waals surface area contributed by atoms with E-state index in [0.717, 1.165) is 19.3 Å². The van der Waals surface area contributed by atoms with Crippen molar-refractivity contribution in [1.82, 2.24) is 14.7 Å². The van der Waals surface area contributed by atoms with Gasteiger partial charge in [0, 0.05) is 30.9 Å². The predicted molar refractivity (Wildman–Crippen MR) is 130 cm³/mol. The van der Waals surface area contributed by atoms with Crippen LogP contribution in [0.2, 0.25) is 0 Å². The molecule has 4 aliphatic rings. The maximum Gasteiger partial charge on any atom is 0.247 e. The molecule has 2 saturated heterocycles. The Kier molecular flexibility index (Phi) is 6.71. The SMILES string of the molecule is CCCCN1CC=C[C@]23S[C@@]4(C)C=CCN(CCC)C(=O)[C@H]4[C@H]2C(=O)N([C@H](C)CO)C3C1=O. The van der Waals surface area contributed by atoms with Crippen molar-refractivity contribution in [3.8, 4) is 0 Å². The Labute approximate surface area is 201 Å². The lowest BCUT2D eigenvalue weighted by atomic mass is 9.74. The molecular formula is C25H37N3O4S. The Morgan fingerprint density at radius 3 is 2.30 bits per heavy atom. The second-order valence-corrected chi connectivity index (χ2v) is 11.8. The number of thioether (sulfide) groups is 1. The molecule has 1 N–H and O–H groups in total. The molecule has 6 atom stereocenters. The van der Waals surface area contributed by atoms with Crippen molar-refractivity contribution >= 4 is 29.5 Å². The smallest absolute Gasteiger partial charge is 0.247 e. The third-order valence-corrected chi connectivity index (χ3v) is 9.47. The van der Waals surface area contributed by atoms with E-state index in [1.165, 1.54) is 0 Å². The van der Waals surface area contributed by atoms with Crippen LogP contribution in [0.1, 0.15) is 47.0 Å². The van der Waals surface area contributed by atoms with Gasteiger partial charge < -0.3 is 19.8 Å². The molecule has 1 spiro atoms. The maximum absolute atomic E-state index is 14.0. The van der Waals surface area contributed by atoms with Gasteiger partial charge in [-0.15, -0.1) is 11.8 Å². The van der Waals surface area contributed by atoms with E-state index in [1.807, 2.05) is 41.9 Å². The van der Waals surface area contributed by atoms with Gasteiger partial charge in [0.15, 0.2) is 0 Å². The zero-order valence-corrected chi connectivity index (χ0v) is 21.0. The van der Waals surface area contributed by atoms with E-state index >= 15 is 0 Å². The van der Waals surface area contributed by atoms with Crippen molar-refractivity contribution in [2.24, 2.45) is 11.8 Å². The van der Waals surface area contributed by atoms with Gasteiger partial charge in [0.05, 0.1) is 29.2 Å². The molecule has 7 nitrogen and oxygen atoms in total. The summed E-state index contributed by atoms with van der Waals surface area (Å²) in [5, 5.41) is 9.99. The summed E-state index contributed by atoms with van der Waals surface area (Å²) in [6.45, 7) is 10.1. The first-order chi connectivity index (χ1) is 15.8. The Bertz CT molecular complexity index is 876. The van der Waals surface area contributed by atoms with Crippen molar-refractivity contribution in [3.05, 3.63) is 24.3 Å². The van der Waals surface area contributed by atoms with Crippen LogP contribution in [0.3, 0.4) is 0 Å². The molecule has 4 heterocycles. The zero-order chi connectivity index (χ0) is 24.0. The van der Waals surface area contributed by atoms with E-state index in [1.54, 1.807) is 23.6 Å². The monoisotopic (exact) mass is 475 g/mol. The van der Waals surface area contributed by atoms with Gasteiger partial charge in [0.1, 0.15) is 6.04 Å². The van der Waals surface area contributed by atoms with Crippen molar-refractivity contribution < 1.29 is 19.5 Å². The molecular weight excluding hydrogens is 438 g/mol. The van der Waals surface area contributed by atoms with E-state index in [4.69, 9.17) is 0 Å². The van der Waals surface area contributed by atoms with Crippen LogP contribution in [0.4, 0.5) is 0 Å². The highest BCUT2D eigenvalue weighted by Gasteiger charge is 2.74. The minimum atomic E-state index is -0.826. The van der Waals surface area contributed by atoms with E-state index in [0.29, 0.717) is 26.2 Å². The van der Waals surface area contributed by atoms with Crippen molar-refractivity contribution in [2.75, 3.05) is 32.8 Å². The lowest BCUT2D eigenvalue weighted by Gasteiger charge is -2.38. The summed E-state index contributed by atoms with van der Waals surface area (Å²) in [5.74, 6) is -1.43. The lowest BCUT2D eigenvalue weighted by Crippen LogP contribution is -2.56. The number of fused-ring (bicyclic) bond motifs is 2. The van der Waals surface area contributed by atoms with Gasteiger partial charge in [-0.25, -0.2) is 0 Å². The molecule has 0 radical (unpaired) electrons. The highest BCUT2D eigenvalue weighted by atomic mass is 32.2. The first-order valence-electron chi connectivity index (χ1n) is 12.3. The van der Waals surface area contributed by atoms with Gasteiger partial charge in [-0.3, -0.25) is 14.4 Å². The van der Waals surface area contributed by atoms with E-state index < -0.39 is 33.4 Å². The largest absolute Gasteiger partial charge is 0.394 e. The van der Waals surface area contributed by atoms with Crippen LogP contribution in [0.5, 0.6) is 0 Å². The van der Waals surface area contributed by atoms with Crippen molar-refractivity contribution in [1.29, 1.82) is 0 Å². The summed E-state index contributed by atoms with van der Waals surface area (Å²) in [7, 11) is 0. The molecule has 0 aromatic rings. The molecule has 0 bridgehead atoms. The van der Waals surface area contributed by atoms with Crippen molar-refractivity contribution in [3.63, 3.8) is 0 Å². The topological polar surface area (TPSA) is 81.2 Å². The summed E-state index contributed by atoms with van der Waals surface area (Å²) in [5.41, 5.74) is 0. The number of aliphatic hydroxyl groups is 1. The molecule has 0 aliphatic carbocycles. The normalized spacial score (nSPS) is 36.6. The van der Waals surface area contributed by atoms with E-state index in [9.17, 15) is 19.5 Å². The number of rotatable bonds is 7. The number of hydrogen-bond donors (Lipinski definition) is 1. The molecule has 2 fully saturated rings. The van der Waals surface area contributed by atoms with Gasteiger partial charge >= 0.3 is 0 Å². The molecule has 0 aromatic carbocycles. The third-order valence-electron chi connectivity index (χ3n) is 7.68. The number of aliphatic hydroxyl groups excluding tert-OH is 1. The second-order valence-electron chi connectivity index (χ2n) is 10.0. The molecule has 8 heteroatoms. The first-order valence-corrected chi connectivity index (χ1v) is 13.1. The molecule has 0 saturated carbocycles. The third kappa shape index (κ3) is 3.64. The summed E-state index contributed by atoms with van der Waals surface area (Å²) in [4.78, 5) is 47.1. The summed E-state index contributed by atoms with van der Waals surface area (Å²) < 4.78 is -1.40. The summed E-state index contributed by atoms with van der Waals surface area (Å²) in [6.07, 6.45) is 10.9. The average molecular weight is 476 g/mol. The van der Waals surface area contributed by atoms with Crippen LogP contribution in [0.15, 0.2) is 24.3 Å². The number of hydrogen-bond acceptors (Lipinski definition) is 5. The molecule has 182 valence electrons. The fourth-order valence-corrected chi connectivity index (χ4v) is 8.29. The molecule has 3 amide bonds. The van der Waals surface area contributed by atoms with E-state index in [-0.39, 0.29) is 24.3 Å².